The van der Waals surface area contributed by atoms with Crippen molar-refractivity contribution in [2.45, 2.75) is 90.9 Å². The third-order valence-corrected chi connectivity index (χ3v) is 3.53. The average Bonchev–Trinajstić information content (AvgIpc) is 2.70. The number of hydrogen-bond donors (Lipinski definition) is 3. The van der Waals surface area contributed by atoms with Crippen molar-refractivity contribution in [3.8, 4) is 0 Å². The first-order chi connectivity index (χ1) is 14.9. The highest BCUT2D eigenvalue weighted by atomic mass is 31.2. The van der Waals surface area contributed by atoms with Crippen LogP contribution in [0.4, 0.5) is 0 Å². The number of allylic oxidation sites excluding steroid dienone is 1. The topological polar surface area (TPSA) is 161 Å². The van der Waals surface area contributed by atoms with Crippen LogP contribution in [0.3, 0.4) is 0 Å². The second-order valence-electron chi connectivity index (χ2n) is 6.27. The van der Waals surface area contributed by atoms with E-state index in [4.69, 9.17) is 24.1 Å². The minimum atomic E-state index is -4.64. The monoisotopic (exact) mass is 480 g/mol. The summed E-state index contributed by atoms with van der Waals surface area (Å²) >= 11 is 0. The fourth-order valence-electron chi connectivity index (χ4n) is 2.21. The molecule has 0 aliphatic heterocycles. The van der Waals surface area contributed by atoms with E-state index < -0.39 is 7.82 Å². The van der Waals surface area contributed by atoms with Gasteiger partial charge in [-0.05, 0) is 34.5 Å². The highest BCUT2D eigenvalue weighted by Crippen LogP contribution is 2.25. The van der Waals surface area contributed by atoms with E-state index in [-0.39, 0.29) is 0 Å². The lowest BCUT2D eigenvalue weighted by atomic mass is 10.1. The van der Waals surface area contributed by atoms with Crippen LogP contribution in [0.25, 0.3) is 0 Å². The van der Waals surface area contributed by atoms with E-state index in [0.29, 0.717) is 6.61 Å². The van der Waals surface area contributed by atoms with Crippen LogP contribution in [0, 0.1) is 0 Å². The summed E-state index contributed by atoms with van der Waals surface area (Å²) in [5.41, 5.74) is 0. The molecule has 188 valence electrons. The van der Waals surface area contributed by atoms with Crippen LogP contribution < -0.4 is 0 Å². The van der Waals surface area contributed by atoms with Gasteiger partial charge in [0.2, 0.25) is 0 Å². The zero-order valence-corrected chi connectivity index (χ0v) is 19.1. The van der Waals surface area contributed by atoms with E-state index in [1.54, 1.807) is 13.0 Å². The van der Waals surface area contributed by atoms with Crippen LogP contribution in [0.15, 0.2) is 12.3 Å². The molecule has 3 N–H and O–H groups in total. The van der Waals surface area contributed by atoms with Crippen LogP contribution in [-0.2, 0) is 49.6 Å². The summed E-state index contributed by atoms with van der Waals surface area (Å²) in [6, 6.07) is 0. The standard InChI is InChI=1S/C17H34O9.H3O4P/c1-3-5-6-7-8-9-10-11-12-13-14-15-17-19-21-23-25-26-24-22-20-18-16-4-2;1-5(2,3)4/h4,16H,3,5-15,17H2,1-2H3;(H3,1,2,3,4). The molecule has 0 radical (unpaired) electrons. The first-order valence-corrected chi connectivity index (χ1v) is 11.8. The Morgan fingerprint density at radius 2 is 1.03 bits per heavy atom. The summed E-state index contributed by atoms with van der Waals surface area (Å²) in [4.78, 5) is 30.5. The lowest BCUT2D eigenvalue weighted by Crippen LogP contribution is -2.02. The predicted molar refractivity (Wildman–Crippen MR) is 105 cm³/mol. The van der Waals surface area contributed by atoms with Crippen LogP contribution in [-0.4, -0.2) is 21.3 Å². The molecule has 0 saturated heterocycles. The number of unbranched alkanes of at least 4 members (excludes halogenated alkanes) is 11. The maximum atomic E-state index is 8.88. The Kier molecular flexibility index (Phi) is 28.7. The summed E-state index contributed by atoms with van der Waals surface area (Å²) in [5.74, 6) is 0. The molecule has 0 aliphatic carbocycles. The molecule has 0 amide bonds. The van der Waals surface area contributed by atoms with Crippen molar-refractivity contribution < 1.29 is 64.3 Å². The molecule has 0 fully saturated rings. The number of rotatable bonds is 22. The Labute approximate surface area is 182 Å². The fourth-order valence-corrected chi connectivity index (χ4v) is 2.21. The first-order valence-electron chi connectivity index (χ1n) is 10.3. The Morgan fingerprint density at radius 3 is 1.48 bits per heavy atom. The van der Waals surface area contributed by atoms with Gasteiger partial charge in [-0.3, -0.25) is 0 Å². The van der Waals surface area contributed by atoms with Crippen molar-refractivity contribution >= 4 is 7.82 Å². The second-order valence-corrected chi connectivity index (χ2v) is 7.29. The molecule has 0 rings (SSSR count). The summed E-state index contributed by atoms with van der Waals surface area (Å²) in [6.45, 7) is 4.35. The fraction of sp³-hybridized carbons (Fsp3) is 0.882. The van der Waals surface area contributed by atoms with Crippen molar-refractivity contribution in [3.05, 3.63) is 12.3 Å². The molecule has 14 heteroatoms. The smallest absolute Gasteiger partial charge is 0.314 e. The van der Waals surface area contributed by atoms with E-state index in [0.717, 1.165) is 12.8 Å². The molecule has 0 spiro atoms. The van der Waals surface area contributed by atoms with Crippen molar-refractivity contribution in [1.29, 1.82) is 0 Å². The Balaban J connectivity index is 0. The normalized spacial score (nSPS) is 11.5. The third-order valence-electron chi connectivity index (χ3n) is 3.53. The van der Waals surface area contributed by atoms with Gasteiger partial charge < -0.3 is 19.6 Å². The molecule has 0 heterocycles. The van der Waals surface area contributed by atoms with Gasteiger partial charge in [0.05, 0.1) is 6.61 Å². The van der Waals surface area contributed by atoms with E-state index >= 15 is 0 Å². The summed E-state index contributed by atoms with van der Waals surface area (Å²) in [5, 5.41) is 27.7. The van der Waals surface area contributed by atoms with Gasteiger partial charge in [-0.1, -0.05) is 77.6 Å². The van der Waals surface area contributed by atoms with Crippen molar-refractivity contribution in [3.63, 3.8) is 0 Å². The maximum Gasteiger partial charge on any atom is 0.466 e. The van der Waals surface area contributed by atoms with E-state index in [2.05, 4.69) is 47.1 Å². The molecule has 0 aliphatic rings. The van der Waals surface area contributed by atoms with Crippen molar-refractivity contribution in [1.82, 2.24) is 0 Å². The zero-order valence-electron chi connectivity index (χ0n) is 18.2. The molecule has 0 aromatic heterocycles. The molecular formula is C17H37O13P. The number of hydrogen-bond acceptors (Lipinski definition) is 10. The molecule has 0 bridgehead atoms. The van der Waals surface area contributed by atoms with Crippen LogP contribution in [0.2, 0.25) is 0 Å². The minimum Gasteiger partial charge on any atom is -0.314 e. The van der Waals surface area contributed by atoms with Crippen LogP contribution >= 0.6 is 7.82 Å². The highest BCUT2D eigenvalue weighted by molar-refractivity contribution is 7.45. The van der Waals surface area contributed by atoms with E-state index in [1.807, 2.05) is 0 Å². The summed E-state index contributed by atoms with van der Waals surface area (Å²) < 4.78 is 8.88. The molecule has 0 atom stereocenters. The Hall–Kier alpha value is -0.670. The van der Waals surface area contributed by atoms with Gasteiger partial charge in [-0.15, -0.1) is 0 Å². The van der Waals surface area contributed by atoms with Crippen LogP contribution in [0.1, 0.15) is 90.9 Å². The summed E-state index contributed by atoms with van der Waals surface area (Å²) in [6.07, 6.45) is 18.0. The predicted octanol–water partition coefficient (Wildman–Crippen LogP) is 4.76. The SMILES string of the molecule is CC=COOOOOOOOOCCCCCCCCCCCCCC.O=P(O)(O)O. The molecule has 0 saturated carbocycles. The van der Waals surface area contributed by atoms with Crippen molar-refractivity contribution in [2.24, 2.45) is 0 Å². The van der Waals surface area contributed by atoms with Crippen molar-refractivity contribution in [2.75, 3.05) is 6.61 Å². The van der Waals surface area contributed by atoms with E-state index in [9.17, 15) is 0 Å². The highest BCUT2D eigenvalue weighted by Gasteiger charge is 2.00. The number of phosphoric acid groups is 1. The molecule has 0 unspecified atom stereocenters. The third kappa shape index (κ3) is 43.9. The molecular weight excluding hydrogens is 443 g/mol. The molecule has 0 aromatic rings. The second kappa shape index (κ2) is 27.4. The quantitative estimate of drug-likeness (QED) is 0.0640. The van der Waals surface area contributed by atoms with Gasteiger partial charge in [0.15, 0.2) is 0 Å². The van der Waals surface area contributed by atoms with Gasteiger partial charge >= 0.3 is 7.82 Å². The molecule has 13 nitrogen and oxygen atoms in total. The van der Waals surface area contributed by atoms with Gasteiger partial charge in [-0.2, -0.15) is 0 Å². The zero-order chi connectivity index (χ0) is 23.5. The Bertz CT molecular complexity index is 397. The minimum absolute atomic E-state index is 0.387. The lowest BCUT2D eigenvalue weighted by molar-refractivity contribution is -0.829. The maximum absolute atomic E-state index is 8.88. The first kappa shape index (κ1) is 32.5. The van der Waals surface area contributed by atoms with Gasteiger partial charge in [-0.25, -0.2) is 9.45 Å². The van der Waals surface area contributed by atoms with Crippen LogP contribution in [0.5, 0.6) is 0 Å². The van der Waals surface area contributed by atoms with E-state index in [1.165, 1.54) is 70.5 Å². The van der Waals surface area contributed by atoms with Gasteiger partial charge in [0.1, 0.15) is 6.26 Å². The largest absolute Gasteiger partial charge is 0.466 e. The molecule has 31 heavy (non-hydrogen) atoms. The lowest BCUT2D eigenvalue weighted by Gasteiger charge is -2.03. The summed E-state index contributed by atoms with van der Waals surface area (Å²) in [7, 11) is -4.64. The van der Waals surface area contributed by atoms with Gasteiger partial charge in [0.25, 0.3) is 0 Å². The molecule has 0 aromatic carbocycles. The average molecular weight is 480 g/mol. The Morgan fingerprint density at radius 1 is 0.645 bits per heavy atom. The van der Waals surface area contributed by atoms with Gasteiger partial charge in [0, 0.05) is 20.2 Å².